The van der Waals surface area contributed by atoms with Gasteiger partial charge in [-0.05, 0) is 80.3 Å². The Hall–Kier alpha value is -3.99. The summed E-state index contributed by atoms with van der Waals surface area (Å²) in [4.78, 5) is 32.7. The first kappa shape index (κ1) is 26.2. The Kier molecular flexibility index (Phi) is 7.63. The topological polar surface area (TPSA) is 65.0 Å². The van der Waals surface area contributed by atoms with Crippen molar-refractivity contribution >= 4 is 17.5 Å². The Morgan fingerprint density at radius 3 is 2.23 bits per heavy atom. The van der Waals surface area contributed by atoms with E-state index in [9.17, 15) is 9.59 Å². The lowest BCUT2D eigenvalue weighted by Crippen LogP contribution is -2.39. The third kappa shape index (κ3) is 5.51. The second-order valence-corrected chi connectivity index (χ2v) is 11.2. The van der Waals surface area contributed by atoms with Crippen LogP contribution < -0.4 is 4.74 Å². The average molecular weight is 534 g/mol. The molecule has 204 valence electrons. The number of carbonyl (C=O) groups excluding carboxylic acids is 2. The molecule has 5 nitrogen and oxygen atoms in total. The van der Waals surface area contributed by atoms with Crippen LogP contribution in [0.2, 0.25) is 0 Å². The Bertz CT molecular complexity index is 1440. The van der Waals surface area contributed by atoms with Gasteiger partial charge in [0.2, 0.25) is 0 Å². The molecule has 0 N–H and O–H groups in total. The van der Waals surface area contributed by atoms with Crippen molar-refractivity contribution in [2.75, 3.05) is 0 Å². The summed E-state index contributed by atoms with van der Waals surface area (Å²) in [6.07, 6.45) is 6.13. The number of para-hydroxylation sites is 1. The predicted octanol–water partition coefficient (Wildman–Crippen LogP) is 7.93. The minimum absolute atomic E-state index is 0.0567. The molecule has 1 unspecified atom stereocenters. The zero-order valence-electron chi connectivity index (χ0n) is 22.9. The molecule has 1 heterocycles. The molecule has 0 aromatic heterocycles. The lowest BCUT2D eigenvalue weighted by atomic mass is 9.69. The van der Waals surface area contributed by atoms with Crippen molar-refractivity contribution in [3.8, 4) is 11.5 Å². The summed E-state index contributed by atoms with van der Waals surface area (Å²) in [6.45, 7) is 1.91. The molecule has 2 aliphatic carbocycles. The van der Waals surface area contributed by atoms with Crippen molar-refractivity contribution < 1.29 is 19.1 Å². The summed E-state index contributed by atoms with van der Waals surface area (Å²) >= 11 is 0. The maximum atomic E-state index is 13.9. The predicted molar refractivity (Wildman–Crippen MR) is 156 cm³/mol. The van der Waals surface area contributed by atoms with Crippen LogP contribution in [0, 0.1) is 5.92 Å². The number of carbonyl (C=O) groups is 2. The van der Waals surface area contributed by atoms with Gasteiger partial charge in [-0.1, -0.05) is 67.1 Å². The highest BCUT2D eigenvalue weighted by Gasteiger charge is 2.45. The first-order chi connectivity index (χ1) is 19.6. The van der Waals surface area contributed by atoms with E-state index in [0.717, 1.165) is 48.3 Å². The van der Waals surface area contributed by atoms with Crippen LogP contribution >= 0.6 is 0 Å². The normalized spacial score (nSPS) is 23.3. The molecule has 5 heteroatoms. The van der Waals surface area contributed by atoms with Crippen LogP contribution in [0.1, 0.15) is 74.8 Å². The molecule has 3 atom stereocenters. The fourth-order valence-electron chi connectivity index (χ4n) is 6.50. The van der Waals surface area contributed by atoms with Crippen molar-refractivity contribution in [1.29, 1.82) is 0 Å². The van der Waals surface area contributed by atoms with Gasteiger partial charge in [0.15, 0.2) is 5.78 Å². The first-order valence-electron chi connectivity index (χ1n) is 14.5. The van der Waals surface area contributed by atoms with Crippen molar-refractivity contribution in [1.82, 2.24) is 0 Å². The van der Waals surface area contributed by atoms with Crippen LogP contribution in [0.15, 0.2) is 101 Å². The van der Waals surface area contributed by atoms with Crippen LogP contribution in [-0.4, -0.2) is 23.6 Å². The molecule has 3 aromatic rings. The van der Waals surface area contributed by atoms with E-state index in [1.54, 1.807) is 0 Å². The van der Waals surface area contributed by atoms with Gasteiger partial charge < -0.3 is 9.47 Å². The van der Waals surface area contributed by atoms with Crippen LogP contribution in [-0.2, 0) is 14.3 Å². The minimum atomic E-state index is -0.648. The molecule has 0 spiro atoms. The number of hydrogen-bond acceptors (Lipinski definition) is 5. The minimum Gasteiger partial charge on any atom is -0.462 e. The number of nitrogens with zero attached hydrogens (tertiary/aromatic N) is 1. The second-order valence-electron chi connectivity index (χ2n) is 11.2. The number of ether oxygens (including phenoxy) is 2. The van der Waals surface area contributed by atoms with E-state index in [4.69, 9.17) is 14.5 Å². The van der Waals surface area contributed by atoms with E-state index in [-0.39, 0.29) is 23.8 Å². The maximum Gasteiger partial charge on any atom is 0.315 e. The molecule has 40 heavy (non-hydrogen) atoms. The zero-order chi connectivity index (χ0) is 27.5. The van der Waals surface area contributed by atoms with Crippen molar-refractivity contribution in [3.63, 3.8) is 0 Å². The molecule has 0 radical (unpaired) electrons. The molecule has 0 bridgehead atoms. The first-order valence-corrected chi connectivity index (χ1v) is 14.5. The highest BCUT2D eigenvalue weighted by Crippen LogP contribution is 2.47. The summed E-state index contributed by atoms with van der Waals surface area (Å²) in [7, 11) is 0. The van der Waals surface area contributed by atoms with Gasteiger partial charge in [0.1, 0.15) is 23.5 Å². The number of benzene rings is 3. The third-order valence-electron chi connectivity index (χ3n) is 8.44. The summed E-state index contributed by atoms with van der Waals surface area (Å²) in [5, 5.41) is 0. The Labute approximate surface area is 235 Å². The quantitative estimate of drug-likeness (QED) is 0.302. The van der Waals surface area contributed by atoms with Gasteiger partial charge >= 0.3 is 5.97 Å². The van der Waals surface area contributed by atoms with Crippen molar-refractivity contribution in [2.24, 2.45) is 10.9 Å². The zero-order valence-corrected chi connectivity index (χ0v) is 22.9. The maximum absolute atomic E-state index is 13.9. The molecular weight excluding hydrogens is 498 g/mol. The summed E-state index contributed by atoms with van der Waals surface area (Å²) < 4.78 is 12.2. The van der Waals surface area contributed by atoms with Gasteiger partial charge in [0.25, 0.3) is 0 Å². The van der Waals surface area contributed by atoms with E-state index >= 15 is 0 Å². The number of esters is 1. The number of ketones is 1. The van der Waals surface area contributed by atoms with Crippen molar-refractivity contribution in [2.45, 2.75) is 69.8 Å². The number of hydrogen-bond donors (Lipinski definition) is 0. The largest absolute Gasteiger partial charge is 0.462 e. The summed E-state index contributed by atoms with van der Waals surface area (Å²) in [5.74, 6) is 0.128. The van der Waals surface area contributed by atoms with E-state index in [1.807, 2.05) is 79.7 Å². The smallest absolute Gasteiger partial charge is 0.315 e. The lowest BCUT2D eigenvalue weighted by Gasteiger charge is -2.37. The van der Waals surface area contributed by atoms with Gasteiger partial charge in [-0.3, -0.25) is 14.6 Å². The standard InChI is InChI=1S/C35H35NO4/c1-23-32(35(38)40-28-17-9-4-10-18-28)33(25-14-11-19-29(20-25)39-27-15-7-3-8-16-27)34-30(36-23)21-26(22-31(34)37)24-12-5-2-6-13-24/h2-3,5-8,11-16,19-20,26,28,32-33H,4,9-10,17-18,21-22H2,1H3/t26-,32?,33-/m1/s1. The van der Waals surface area contributed by atoms with E-state index < -0.39 is 11.8 Å². The van der Waals surface area contributed by atoms with Crippen LogP contribution in [0.25, 0.3) is 0 Å². The van der Waals surface area contributed by atoms with E-state index in [0.29, 0.717) is 29.9 Å². The van der Waals surface area contributed by atoms with Gasteiger partial charge in [0, 0.05) is 29.3 Å². The number of allylic oxidation sites excluding steroid dienone is 2. The summed E-state index contributed by atoms with van der Waals surface area (Å²) in [5.41, 5.74) is 4.17. The lowest BCUT2D eigenvalue weighted by molar-refractivity contribution is -0.153. The van der Waals surface area contributed by atoms with Gasteiger partial charge in [0.05, 0.1) is 0 Å². The number of Topliss-reactive ketones (excluding diaryl/α,β-unsaturated/α-hetero) is 1. The van der Waals surface area contributed by atoms with E-state index in [1.165, 1.54) is 6.42 Å². The Morgan fingerprint density at radius 1 is 0.800 bits per heavy atom. The van der Waals surface area contributed by atoms with Crippen LogP contribution in [0.3, 0.4) is 0 Å². The monoisotopic (exact) mass is 533 g/mol. The number of aliphatic imine (C=N–C) groups is 1. The van der Waals surface area contributed by atoms with Gasteiger partial charge in [-0.15, -0.1) is 0 Å². The van der Waals surface area contributed by atoms with Crippen molar-refractivity contribution in [3.05, 3.63) is 107 Å². The molecule has 0 amide bonds. The fourth-order valence-corrected chi connectivity index (χ4v) is 6.50. The highest BCUT2D eigenvalue weighted by molar-refractivity contribution is 6.09. The third-order valence-corrected chi connectivity index (χ3v) is 8.44. The molecule has 0 saturated heterocycles. The summed E-state index contributed by atoms with van der Waals surface area (Å²) in [6, 6.07) is 27.6. The molecular formula is C35H35NO4. The molecule has 3 aliphatic rings. The van der Waals surface area contributed by atoms with Crippen LogP contribution in [0.5, 0.6) is 11.5 Å². The number of rotatable bonds is 6. The van der Waals surface area contributed by atoms with E-state index in [2.05, 4.69) is 12.1 Å². The fraction of sp³-hybridized carbons (Fsp3) is 0.343. The molecule has 1 fully saturated rings. The van der Waals surface area contributed by atoms with Gasteiger partial charge in [-0.2, -0.15) is 0 Å². The molecule has 1 aliphatic heterocycles. The average Bonchev–Trinajstić information content (AvgIpc) is 2.98. The highest BCUT2D eigenvalue weighted by atomic mass is 16.5. The van der Waals surface area contributed by atoms with Gasteiger partial charge in [-0.25, -0.2) is 0 Å². The SMILES string of the molecule is CC1=NC2=C(C(=O)C[C@H](c3ccccc3)C2)[C@H](c2cccc(Oc3ccccc3)c2)C1C(=O)OC1CCCCC1. The Balaban J connectivity index is 1.38. The molecule has 3 aromatic carbocycles. The Morgan fingerprint density at radius 2 is 1.48 bits per heavy atom. The van der Waals surface area contributed by atoms with Crippen LogP contribution in [0.4, 0.5) is 0 Å². The molecule has 6 rings (SSSR count). The molecule has 1 saturated carbocycles. The second kappa shape index (κ2) is 11.6.